The molecule has 0 fully saturated rings. The number of nitrogens with zero attached hydrogens (tertiary/aromatic N) is 2. The maximum absolute atomic E-state index is 12.6. The summed E-state index contributed by atoms with van der Waals surface area (Å²) in [6, 6.07) is 3.28. The Labute approximate surface area is 133 Å². The third-order valence-corrected chi connectivity index (χ3v) is 5.43. The third-order valence-electron chi connectivity index (χ3n) is 3.23. The van der Waals surface area contributed by atoms with Gasteiger partial charge in [0.1, 0.15) is 0 Å². The van der Waals surface area contributed by atoms with Crippen LogP contribution in [-0.2, 0) is 21.1 Å². The Bertz CT molecular complexity index is 702. The largest absolute Gasteiger partial charge is 0.465 e. The Morgan fingerprint density at radius 3 is 2.57 bits per heavy atom. The predicted molar refractivity (Wildman–Crippen MR) is 81.1 cm³/mol. The van der Waals surface area contributed by atoms with Gasteiger partial charge in [-0.2, -0.15) is 0 Å². The minimum absolute atomic E-state index is 0.0481. The number of carbonyl (C=O) groups is 1. The summed E-state index contributed by atoms with van der Waals surface area (Å²) in [5.41, 5.74) is -0.260. The van der Waals surface area contributed by atoms with Gasteiger partial charge in [-0.05, 0) is 18.6 Å². The Hall–Kier alpha value is -2.20. The fourth-order valence-corrected chi connectivity index (χ4v) is 3.44. The van der Waals surface area contributed by atoms with Crippen LogP contribution in [0.2, 0.25) is 0 Å². The molecule has 0 aliphatic rings. The summed E-state index contributed by atoms with van der Waals surface area (Å²) in [7, 11) is -1.20. The minimum Gasteiger partial charge on any atom is -0.465 e. The van der Waals surface area contributed by atoms with Gasteiger partial charge in [0.15, 0.2) is 9.84 Å². The van der Waals surface area contributed by atoms with Crippen molar-refractivity contribution in [2.75, 3.05) is 20.8 Å². The molecule has 10 heteroatoms. The average molecular weight is 346 g/mol. The number of carboxylic acid groups (broad SMARTS) is 1. The summed E-state index contributed by atoms with van der Waals surface area (Å²) in [4.78, 5) is 21.9. The van der Waals surface area contributed by atoms with E-state index < -0.39 is 26.1 Å². The molecule has 1 unspecified atom stereocenters. The first-order valence-electron chi connectivity index (χ1n) is 6.55. The molecule has 0 radical (unpaired) electrons. The summed E-state index contributed by atoms with van der Waals surface area (Å²) in [5.74, 6) is 0. The van der Waals surface area contributed by atoms with E-state index in [9.17, 15) is 23.3 Å². The van der Waals surface area contributed by atoms with E-state index in [1.54, 1.807) is 0 Å². The number of benzene rings is 1. The monoisotopic (exact) mass is 346 g/mol. The van der Waals surface area contributed by atoms with E-state index in [1.807, 2.05) is 0 Å². The molecule has 1 rings (SSSR count). The van der Waals surface area contributed by atoms with E-state index in [1.165, 1.54) is 21.1 Å². The second kappa shape index (κ2) is 7.38. The normalized spacial score (nSPS) is 12.7. The van der Waals surface area contributed by atoms with Crippen molar-refractivity contribution in [1.29, 1.82) is 0 Å². The first kappa shape index (κ1) is 18.8. The molecule has 128 valence electrons. The Balaban J connectivity index is 3.41. The smallest absolute Gasteiger partial charge is 0.407 e. The van der Waals surface area contributed by atoms with Crippen molar-refractivity contribution in [1.82, 2.24) is 4.90 Å². The second-order valence-corrected chi connectivity index (χ2v) is 7.33. The maximum Gasteiger partial charge on any atom is 0.407 e. The molecule has 1 aromatic carbocycles. The van der Waals surface area contributed by atoms with Gasteiger partial charge in [-0.25, -0.2) is 13.2 Å². The number of non-ortho nitro benzene ring substituents is 1. The number of rotatable bonds is 7. The van der Waals surface area contributed by atoms with Crippen LogP contribution in [0.1, 0.15) is 12.5 Å². The van der Waals surface area contributed by atoms with Gasteiger partial charge in [0.05, 0.1) is 28.2 Å². The molecule has 0 spiro atoms. The highest BCUT2D eigenvalue weighted by Gasteiger charge is 2.28. The fourth-order valence-electron chi connectivity index (χ4n) is 1.94. The lowest BCUT2D eigenvalue weighted by Crippen LogP contribution is -2.27. The molecular formula is C13H18N2O7S. The number of nitro benzene ring substituents is 1. The Kier molecular flexibility index (Phi) is 6.05. The highest BCUT2D eigenvalue weighted by molar-refractivity contribution is 7.92. The molecule has 1 amide bonds. The number of ether oxygens (including phenoxy) is 1. The van der Waals surface area contributed by atoms with Crippen LogP contribution in [0.3, 0.4) is 0 Å². The molecule has 0 heterocycles. The quantitative estimate of drug-likeness (QED) is 0.585. The van der Waals surface area contributed by atoms with Crippen LogP contribution in [0.25, 0.3) is 0 Å². The molecule has 0 aromatic heterocycles. The number of hydrogen-bond acceptors (Lipinski definition) is 6. The molecule has 23 heavy (non-hydrogen) atoms. The number of nitro groups is 1. The van der Waals surface area contributed by atoms with Crippen LogP contribution in [0.15, 0.2) is 23.1 Å². The van der Waals surface area contributed by atoms with Crippen LogP contribution < -0.4 is 0 Å². The van der Waals surface area contributed by atoms with E-state index in [2.05, 4.69) is 0 Å². The van der Waals surface area contributed by atoms with Crippen LogP contribution in [-0.4, -0.2) is 55.5 Å². The highest BCUT2D eigenvalue weighted by atomic mass is 32.2. The lowest BCUT2D eigenvalue weighted by atomic mass is 10.2. The average Bonchev–Trinajstić information content (AvgIpc) is 2.46. The minimum atomic E-state index is -3.81. The Morgan fingerprint density at radius 2 is 2.09 bits per heavy atom. The number of hydrogen-bond donors (Lipinski definition) is 1. The molecule has 0 bridgehead atoms. The SMILES string of the molecule is COCC(C)S(=O)(=O)c1ccc([N+](=O)[O-])cc1CN(C)C(=O)O. The topological polar surface area (TPSA) is 127 Å². The molecule has 1 aromatic rings. The van der Waals surface area contributed by atoms with E-state index >= 15 is 0 Å². The molecule has 0 saturated heterocycles. The number of amides is 1. The van der Waals surface area contributed by atoms with Crippen LogP contribution in [0, 0.1) is 10.1 Å². The van der Waals surface area contributed by atoms with Crippen molar-refractivity contribution in [2.24, 2.45) is 0 Å². The Morgan fingerprint density at radius 1 is 1.48 bits per heavy atom. The van der Waals surface area contributed by atoms with Crippen LogP contribution in [0.5, 0.6) is 0 Å². The zero-order chi connectivity index (χ0) is 17.8. The zero-order valence-corrected chi connectivity index (χ0v) is 13.7. The zero-order valence-electron chi connectivity index (χ0n) is 12.9. The molecule has 0 aliphatic carbocycles. The standard InChI is InChI=1S/C13H18N2O7S/c1-9(8-22-3)23(20,21)12-5-4-11(15(18)19)6-10(12)7-14(2)13(16)17/h4-6,9H,7-8H2,1-3H3,(H,16,17). The van der Waals surface area contributed by atoms with E-state index in [-0.39, 0.29) is 29.3 Å². The van der Waals surface area contributed by atoms with Gasteiger partial charge in [-0.3, -0.25) is 10.1 Å². The van der Waals surface area contributed by atoms with Gasteiger partial charge >= 0.3 is 6.09 Å². The first-order valence-corrected chi connectivity index (χ1v) is 8.10. The highest BCUT2D eigenvalue weighted by Crippen LogP contribution is 2.26. The maximum atomic E-state index is 12.6. The molecule has 1 N–H and O–H groups in total. The van der Waals surface area contributed by atoms with E-state index in [4.69, 9.17) is 9.84 Å². The van der Waals surface area contributed by atoms with Crippen LogP contribution >= 0.6 is 0 Å². The van der Waals surface area contributed by atoms with Gasteiger partial charge in [-0.1, -0.05) is 0 Å². The van der Waals surface area contributed by atoms with Crippen LogP contribution in [0.4, 0.5) is 10.5 Å². The first-order chi connectivity index (χ1) is 10.6. The van der Waals surface area contributed by atoms with Gasteiger partial charge < -0.3 is 14.7 Å². The second-order valence-electron chi connectivity index (χ2n) is 5.00. The van der Waals surface area contributed by atoms with Crippen molar-refractivity contribution in [3.63, 3.8) is 0 Å². The van der Waals surface area contributed by atoms with Crippen molar-refractivity contribution >= 4 is 21.6 Å². The summed E-state index contributed by atoms with van der Waals surface area (Å²) in [5, 5.41) is 18.9. The van der Waals surface area contributed by atoms with E-state index in [0.29, 0.717) is 0 Å². The number of sulfone groups is 1. The number of methoxy groups -OCH3 is 1. The summed E-state index contributed by atoms with van der Waals surface area (Å²) in [6.07, 6.45) is -1.27. The summed E-state index contributed by atoms with van der Waals surface area (Å²) in [6.45, 7) is 1.11. The van der Waals surface area contributed by atoms with E-state index in [0.717, 1.165) is 23.1 Å². The lowest BCUT2D eigenvalue weighted by molar-refractivity contribution is -0.385. The van der Waals surface area contributed by atoms with Crippen molar-refractivity contribution < 1.29 is 28.0 Å². The van der Waals surface area contributed by atoms with Crippen molar-refractivity contribution in [2.45, 2.75) is 23.6 Å². The molecule has 9 nitrogen and oxygen atoms in total. The third kappa shape index (κ3) is 4.39. The fraction of sp³-hybridized carbons (Fsp3) is 0.462. The molecule has 0 aliphatic heterocycles. The molecule has 1 atom stereocenters. The summed E-state index contributed by atoms with van der Waals surface area (Å²) < 4.78 is 30.0. The van der Waals surface area contributed by atoms with Gasteiger partial charge in [0, 0.05) is 26.3 Å². The molecule has 0 saturated carbocycles. The van der Waals surface area contributed by atoms with Gasteiger partial charge in [0.25, 0.3) is 5.69 Å². The van der Waals surface area contributed by atoms with Crippen molar-refractivity contribution in [3.05, 3.63) is 33.9 Å². The van der Waals surface area contributed by atoms with Crippen molar-refractivity contribution in [3.8, 4) is 0 Å². The lowest BCUT2D eigenvalue weighted by Gasteiger charge is -2.18. The molecular weight excluding hydrogens is 328 g/mol. The van der Waals surface area contributed by atoms with Gasteiger partial charge in [0.2, 0.25) is 0 Å². The van der Waals surface area contributed by atoms with Gasteiger partial charge in [-0.15, -0.1) is 0 Å². The predicted octanol–water partition coefficient (Wildman–Crippen LogP) is 1.51. The summed E-state index contributed by atoms with van der Waals surface area (Å²) >= 11 is 0.